The van der Waals surface area contributed by atoms with Crippen molar-refractivity contribution < 1.29 is 39.5 Å². The van der Waals surface area contributed by atoms with E-state index >= 15 is 0 Å². The fourth-order valence-electron chi connectivity index (χ4n) is 2.43. The number of hydrogen-bond acceptors (Lipinski definition) is 0. The van der Waals surface area contributed by atoms with Crippen molar-refractivity contribution >= 4 is 18.4 Å². The first-order valence-electron chi connectivity index (χ1n) is 7.84. The van der Waals surface area contributed by atoms with E-state index < -0.39 is 43.2 Å². The molecule has 0 saturated carbocycles. The van der Waals surface area contributed by atoms with Crippen LogP contribution in [0.2, 0.25) is 5.32 Å². The second kappa shape index (κ2) is 7.99. The molecular weight excluding hydrogens is 466 g/mol. The third-order valence-corrected chi connectivity index (χ3v) is 9.30. The first kappa shape index (κ1) is 22.6. The van der Waals surface area contributed by atoms with Gasteiger partial charge in [-0.1, -0.05) is 0 Å². The fraction of sp³-hybridized carbons (Fsp3) is 0.333. The first-order valence-corrected chi connectivity index (χ1v) is 11.4. The van der Waals surface area contributed by atoms with E-state index in [2.05, 4.69) is 0 Å². The van der Waals surface area contributed by atoms with E-state index in [1.165, 1.54) is 24.3 Å². The summed E-state index contributed by atoms with van der Waals surface area (Å²) in [6, 6.07) is 15.1. The molecule has 2 rings (SSSR count). The van der Waals surface area contributed by atoms with Crippen LogP contribution < -0.4 is 4.46 Å². The molecule has 2 aromatic rings. The molecule has 0 aliphatic carbocycles. The molecule has 28 heavy (non-hydrogen) atoms. The molecule has 0 heterocycles. The van der Waals surface area contributed by atoms with Gasteiger partial charge >= 0.3 is 159 Å². The van der Waals surface area contributed by atoms with Crippen LogP contribution in [0.25, 0.3) is 0 Å². The molecule has 0 spiro atoms. The summed E-state index contributed by atoms with van der Waals surface area (Å²) in [6.45, 7) is 0. The van der Waals surface area contributed by atoms with E-state index in [1.807, 2.05) is 0 Å². The van der Waals surface area contributed by atoms with Crippen molar-refractivity contribution in [2.24, 2.45) is 0 Å². The molecule has 0 aromatic heterocycles. The second-order valence-corrected chi connectivity index (χ2v) is 10.7. The van der Waals surface area contributed by atoms with Gasteiger partial charge in [-0.2, -0.15) is 0 Å². The minimum absolute atomic E-state index is 0.0961. The van der Waals surface area contributed by atoms with E-state index in [9.17, 15) is 39.5 Å². The molecule has 10 heteroatoms. The Morgan fingerprint density at radius 1 is 0.607 bits per heavy atom. The standard InChI is InChI=1S/C18H15F9Se/c19-15(20,16(21,22)17(23,24)18(25,26)27)12-28(14-9-5-2-6-10-14)11-13-7-3-1-4-8-13/h1-10,28H,11-12H2. The summed E-state index contributed by atoms with van der Waals surface area (Å²) >= 11 is -3.18. The van der Waals surface area contributed by atoms with Crippen LogP contribution in [0, 0.1) is 0 Å². The molecule has 0 nitrogen and oxygen atoms in total. The van der Waals surface area contributed by atoms with Gasteiger partial charge in [-0.25, -0.2) is 0 Å². The summed E-state index contributed by atoms with van der Waals surface area (Å²) < 4.78 is 119. The van der Waals surface area contributed by atoms with Crippen molar-refractivity contribution in [2.75, 3.05) is 0 Å². The summed E-state index contributed by atoms with van der Waals surface area (Å²) in [4.78, 5) is 0. The molecular formula is C18H15F9Se. The number of rotatable bonds is 7. The molecule has 0 saturated heterocycles. The van der Waals surface area contributed by atoms with Crippen LogP contribution in [0.15, 0.2) is 60.7 Å². The molecule has 0 amide bonds. The van der Waals surface area contributed by atoms with Crippen LogP contribution in [-0.4, -0.2) is 37.8 Å². The summed E-state index contributed by atoms with van der Waals surface area (Å²) in [5, 5.41) is -1.83. The second-order valence-electron chi connectivity index (χ2n) is 6.03. The van der Waals surface area contributed by atoms with E-state index in [0.717, 1.165) is 0 Å². The Morgan fingerprint density at radius 3 is 1.54 bits per heavy atom. The van der Waals surface area contributed by atoms with Crippen molar-refractivity contribution in [3.63, 3.8) is 0 Å². The maximum absolute atomic E-state index is 14.2. The summed E-state index contributed by atoms with van der Waals surface area (Å²) in [6.07, 6.45) is -6.80. The average Bonchev–Trinajstić information content (AvgIpc) is 2.61. The number of halogens is 9. The zero-order valence-electron chi connectivity index (χ0n) is 14.0. The van der Waals surface area contributed by atoms with Gasteiger partial charge in [-0.3, -0.25) is 0 Å². The van der Waals surface area contributed by atoms with Gasteiger partial charge in [-0.05, 0) is 0 Å². The molecule has 0 radical (unpaired) electrons. The zero-order chi connectivity index (χ0) is 21.2. The molecule has 2 aromatic carbocycles. The van der Waals surface area contributed by atoms with Crippen LogP contribution in [-0.2, 0) is 5.32 Å². The third-order valence-electron chi connectivity index (χ3n) is 3.94. The molecule has 1 atom stereocenters. The normalized spacial score (nSPS) is 15.4. The van der Waals surface area contributed by atoms with Crippen molar-refractivity contribution in [3.8, 4) is 0 Å². The van der Waals surface area contributed by atoms with E-state index in [-0.39, 0.29) is 9.78 Å². The fourth-order valence-corrected chi connectivity index (χ4v) is 7.46. The van der Waals surface area contributed by atoms with E-state index in [1.54, 1.807) is 36.4 Å². The summed E-state index contributed by atoms with van der Waals surface area (Å²) in [7, 11) is 0. The molecule has 0 fully saturated rings. The summed E-state index contributed by atoms with van der Waals surface area (Å²) in [5.74, 6) is -19.0. The van der Waals surface area contributed by atoms with Crippen LogP contribution in [0.5, 0.6) is 0 Å². The van der Waals surface area contributed by atoms with Gasteiger partial charge in [0.25, 0.3) is 0 Å². The molecule has 0 bridgehead atoms. The van der Waals surface area contributed by atoms with Crippen molar-refractivity contribution in [2.45, 2.75) is 34.6 Å². The predicted octanol–water partition coefficient (Wildman–Crippen LogP) is 5.37. The Balaban J connectivity index is 2.39. The van der Waals surface area contributed by atoms with Gasteiger partial charge in [0.15, 0.2) is 0 Å². The third kappa shape index (κ3) is 4.49. The first-order chi connectivity index (χ1) is 12.8. The quantitative estimate of drug-likeness (QED) is 0.369. The van der Waals surface area contributed by atoms with Gasteiger partial charge in [0.1, 0.15) is 0 Å². The van der Waals surface area contributed by atoms with Crippen LogP contribution in [0.4, 0.5) is 39.5 Å². The molecule has 0 aliphatic rings. The topological polar surface area (TPSA) is 0 Å². The Bertz CT molecular complexity index is 758. The number of hydrogen-bond donors (Lipinski definition) is 0. The number of benzene rings is 2. The average molecular weight is 481 g/mol. The Kier molecular flexibility index (Phi) is 6.45. The number of alkyl halides is 9. The maximum atomic E-state index is 14.2. The van der Waals surface area contributed by atoms with Gasteiger partial charge in [0.2, 0.25) is 0 Å². The van der Waals surface area contributed by atoms with Crippen molar-refractivity contribution in [1.82, 2.24) is 0 Å². The summed E-state index contributed by atoms with van der Waals surface area (Å²) in [5.41, 5.74) is 0.507. The molecule has 0 aliphatic heterocycles. The Hall–Kier alpha value is -1.67. The zero-order valence-corrected chi connectivity index (χ0v) is 15.9. The van der Waals surface area contributed by atoms with Gasteiger partial charge < -0.3 is 0 Å². The van der Waals surface area contributed by atoms with E-state index in [0.29, 0.717) is 5.56 Å². The Morgan fingerprint density at radius 2 is 1.07 bits per heavy atom. The van der Waals surface area contributed by atoms with Crippen molar-refractivity contribution in [1.29, 1.82) is 0 Å². The Labute approximate surface area is 159 Å². The van der Waals surface area contributed by atoms with Crippen LogP contribution in [0.1, 0.15) is 5.56 Å². The van der Waals surface area contributed by atoms with Gasteiger partial charge in [-0.15, -0.1) is 0 Å². The monoisotopic (exact) mass is 482 g/mol. The van der Waals surface area contributed by atoms with Crippen molar-refractivity contribution in [3.05, 3.63) is 66.2 Å². The van der Waals surface area contributed by atoms with Gasteiger partial charge in [0, 0.05) is 0 Å². The SMILES string of the molecule is FC(F)(F)C(F)(F)C(F)(F)C(F)(F)C[SeH](Cc1ccccc1)c1ccccc1. The minimum atomic E-state index is -6.85. The van der Waals surface area contributed by atoms with E-state index in [4.69, 9.17) is 0 Å². The molecule has 1 unspecified atom stereocenters. The predicted molar refractivity (Wildman–Crippen MR) is 89.1 cm³/mol. The van der Waals surface area contributed by atoms with Gasteiger partial charge in [0.05, 0.1) is 0 Å². The molecule has 156 valence electrons. The molecule has 0 N–H and O–H groups in total. The van der Waals surface area contributed by atoms with Crippen LogP contribution in [0.3, 0.4) is 0 Å². The van der Waals surface area contributed by atoms with Crippen LogP contribution >= 0.6 is 0 Å².